The average molecular weight is 393 g/mol. The number of ketones is 1. The third-order valence-corrected chi connectivity index (χ3v) is 5.60. The number of nitrogens with zero attached hydrogens (tertiary/aromatic N) is 1. The molecule has 1 aliphatic heterocycles. The van der Waals surface area contributed by atoms with Crippen LogP contribution in [-0.2, 0) is 11.3 Å². The van der Waals surface area contributed by atoms with Crippen molar-refractivity contribution < 1.29 is 9.59 Å². The lowest BCUT2D eigenvalue weighted by Crippen LogP contribution is -2.25. The lowest BCUT2D eigenvalue weighted by atomic mass is 10.0. The second-order valence-electron chi connectivity index (χ2n) is 7.85. The van der Waals surface area contributed by atoms with E-state index >= 15 is 0 Å². The first-order valence-electron chi connectivity index (χ1n) is 11.0. The van der Waals surface area contributed by atoms with Crippen molar-refractivity contribution in [3.63, 3.8) is 0 Å². The fourth-order valence-corrected chi connectivity index (χ4v) is 3.98. The maximum absolute atomic E-state index is 12.3. The van der Waals surface area contributed by atoms with Gasteiger partial charge in [0.15, 0.2) is 0 Å². The van der Waals surface area contributed by atoms with Crippen molar-refractivity contribution in [3.05, 3.63) is 59.7 Å². The summed E-state index contributed by atoms with van der Waals surface area (Å²) in [5, 5.41) is 2.67. The number of carbonyl (C=O) groups excluding carboxylic acids is 2. The number of nitrogens with one attached hydrogen (secondary N) is 1. The van der Waals surface area contributed by atoms with Crippen LogP contribution in [0.15, 0.2) is 48.5 Å². The summed E-state index contributed by atoms with van der Waals surface area (Å²) in [4.78, 5) is 26.4. The highest BCUT2D eigenvalue weighted by molar-refractivity contribution is 6.52. The quantitative estimate of drug-likeness (QED) is 0.358. The molecule has 2 aromatic carbocycles. The molecular weight excluding hydrogens is 360 g/mol. The molecule has 0 aromatic heterocycles. The van der Waals surface area contributed by atoms with Gasteiger partial charge in [-0.1, -0.05) is 82.2 Å². The highest BCUT2D eigenvalue weighted by Crippen LogP contribution is 2.28. The topological polar surface area (TPSA) is 49.4 Å². The van der Waals surface area contributed by atoms with E-state index in [9.17, 15) is 9.59 Å². The highest BCUT2D eigenvalue weighted by Gasteiger charge is 2.30. The van der Waals surface area contributed by atoms with Crippen LogP contribution in [0.2, 0.25) is 0 Å². The van der Waals surface area contributed by atoms with E-state index < -0.39 is 11.7 Å². The van der Waals surface area contributed by atoms with Crippen LogP contribution < -0.4 is 10.2 Å². The van der Waals surface area contributed by atoms with Gasteiger partial charge in [-0.15, -0.1) is 0 Å². The van der Waals surface area contributed by atoms with Crippen molar-refractivity contribution in [2.24, 2.45) is 0 Å². The molecule has 0 unspecified atom stereocenters. The van der Waals surface area contributed by atoms with Gasteiger partial charge in [0.1, 0.15) is 0 Å². The van der Waals surface area contributed by atoms with Gasteiger partial charge in [0, 0.05) is 18.8 Å². The maximum atomic E-state index is 12.3. The van der Waals surface area contributed by atoms with E-state index in [4.69, 9.17) is 0 Å². The molecule has 2 aromatic rings. The van der Waals surface area contributed by atoms with Crippen LogP contribution in [0, 0.1) is 0 Å². The maximum Gasteiger partial charge on any atom is 0.296 e. The van der Waals surface area contributed by atoms with E-state index in [-0.39, 0.29) is 0 Å². The molecule has 0 spiro atoms. The molecule has 0 radical (unpaired) electrons. The number of benzene rings is 2. The monoisotopic (exact) mass is 392 g/mol. The molecule has 4 nitrogen and oxygen atoms in total. The number of hydrogen-bond donors (Lipinski definition) is 1. The Hall–Kier alpha value is -2.62. The average Bonchev–Trinajstić information content (AvgIpc) is 3.04. The molecule has 3 rings (SSSR count). The molecule has 154 valence electrons. The van der Waals surface area contributed by atoms with E-state index in [1.807, 2.05) is 30.3 Å². The summed E-state index contributed by atoms with van der Waals surface area (Å²) in [6.07, 6.45) is 10.3. The SMILES string of the molecule is CCCCCCCCCCN(Cc1cccc2c1C(=O)C(=O)N2)c1ccccc1. The Labute approximate surface area is 174 Å². The van der Waals surface area contributed by atoms with Crippen LogP contribution in [0.4, 0.5) is 11.4 Å². The smallest absolute Gasteiger partial charge is 0.296 e. The lowest BCUT2D eigenvalue weighted by molar-refractivity contribution is -0.112. The van der Waals surface area contributed by atoms with Crippen LogP contribution >= 0.6 is 0 Å². The summed E-state index contributed by atoms with van der Waals surface area (Å²) in [5.74, 6) is -0.947. The molecule has 4 heteroatoms. The zero-order chi connectivity index (χ0) is 20.5. The summed E-state index contributed by atoms with van der Waals surface area (Å²) in [6.45, 7) is 3.82. The fourth-order valence-electron chi connectivity index (χ4n) is 3.98. The van der Waals surface area contributed by atoms with Crippen LogP contribution in [-0.4, -0.2) is 18.2 Å². The Morgan fingerprint density at radius 3 is 2.21 bits per heavy atom. The number of rotatable bonds is 12. The Morgan fingerprint density at radius 2 is 1.48 bits per heavy atom. The number of hydrogen-bond acceptors (Lipinski definition) is 3. The molecular formula is C25H32N2O2. The predicted molar refractivity (Wildman–Crippen MR) is 120 cm³/mol. The number of unbranched alkanes of at least 4 members (excludes halogenated alkanes) is 7. The molecule has 0 fully saturated rings. The number of Topliss-reactive ketones (excluding diaryl/α,β-unsaturated/α-hetero) is 1. The predicted octanol–water partition coefficient (Wildman–Crippen LogP) is 5.97. The molecule has 1 amide bonds. The van der Waals surface area contributed by atoms with E-state index in [2.05, 4.69) is 29.3 Å². The van der Waals surface area contributed by atoms with E-state index in [0.717, 1.165) is 24.2 Å². The summed E-state index contributed by atoms with van der Waals surface area (Å²) < 4.78 is 0. The van der Waals surface area contributed by atoms with E-state index in [1.165, 1.54) is 44.9 Å². The van der Waals surface area contributed by atoms with Gasteiger partial charge < -0.3 is 10.2 Å². The second kappa shape index (κ2) is 10.8. The minimum Gasteiger partial charge on any atom is -0.367 e. The molecule has 0 aliphatic carbocycles. The van der Waals surface area contributed by atoms with E-state index in [1.54, 1.807) is 6.07 Å². The number of fused-ring (bicyclic) bond motifs is 1. The van der Waals surface area contributed by atoms with Gasteiger partial charge in [-0.25, -0.2) is 0 Å². The highest BCUT2D eigenvalue weighted by atomic mass is 16.2. The van der Waals surface area contributed by atoms with Gasteiger partial charge in [-0.05, 0) is 30.2 Å². The Kier molecular flexibility index (Phi) is 7.85. The van der Waals surface area contributed by atoms with Crippen LogP contribution in [0.25, 0.3) is 0 Å². The Balaban J connectivity index is 1.62. The minimum absolute atomic E-state index is 0.421. The number of anilines is 2. The zero-order valence-corrected chi connectivity index (χ0v) is 17.5. The standard InChI is InChI=1S/C25H32N2O2/c1-2-3-4-5-6-7-8-12-18-27(21-15-10-9-11-16-21)19-20-14-13-17-22-23(20)24(28)25(29)26-22/h9-11,13-17H,2-8,12,18-19H2,1H3,(H,26,28,29). The number of carbonyl (C=O) groups is 2. The third-order valence-electron chi connectivity index (χ3n) is 5.60. The van der Waals surface area contributed by atoms with Crippen molar-refractivity contribution >= 4 is 23.1 Å². The largest absolute Gasteiger partial charge is 0.367 e. The van der Waals surface area contributed by atoms with Gasteiger partial charge in [-0.3, -0.25) is 9.59 Å². The minimum atomic E-state index is -0.526. The van der Waals surface area contributed by atoms with Crippen LogP contribution in [0.3, 0.4) is 0 Å². The number of para-hydroxylation sites is 1. The molecule has 0 bridgehead atoms. The lowest BCUT2D eigenvalue weighted by Gasteiger charge is -2.26. The van der Waals surface area contributed by atoms with Crippen molar-refractivity contribution in [1.82, 2.24) is 0 Å². The molecule has 1 heterocycles. The molecule has 0 atom stereocenters. The van der Waals surface area contributed by atoms with Gasteiger partial charge in [0.05, 0.1) is 11.3 Å². The van der Waals surface area contributed by atoms with Crippen molar-refractivity contribution in [2.45, 2.75) is 64.8 Å². The third kappa shape index (κ3) is 5.69. The van der Waals surface area contributed by atoms with Gasteiger partial charge >= 0.3 is 0 Å². The van der Waals surface area contributed by atoms with Gasteiger partial charge in [-0.2, -0.15) is 0 Å². The summed E-state index contributed by atoms with van der Waals surface area (Å²) in [5.41, 5.74) is 3.24. The van der Waals surface area contributed by atoms with Gasteiger partial charge in [0.25, 0.3) is 11.7 Å². The van der Waals surface area contributed by atoms with Crippen molar-refractivity contribution in [1.29, 1.82) is 0 Å². The first-order chi connectivity index (χ1) is 14.2. The van der Waals surface area contributed by atoms with Gasteiger partial charge in [0.2, 0.25) is 0 Å². The first-order valence-corrected chi connectivity index (χ1v) is 11.0. The zero-order valence-electron chi connectivity index (χ0n) is 17.5. The van der Waals surface area contributed by atoms with E-state index in [0.29, 0.717) is 17.8 Å². The van der Waals surface area contributed by atoms with Crippen LogP contribution in [0.5, 0.6) is 0 Å². The summed E-state index contributed by atoms with van der Waals surface area (Å²) >= 11 is 0. The second-order valence-corrected chi connectivity index (χ2v) is 7.85. The summed E-state index contributed by atoms with van der Waals surface area (Å²) in [6, 6.07) is 16.0. The normalized spacial score (nSPS) is 12.7. The fraction of sp³-hybridized carbons (Fsp3) is 0.440. The molecule has 1 aliphatic rings. The Bertz CT molecular complexity index is 817. The molecule has 1 N–H and O–H groups in total. The molecule has 0 saturated heterocycles. The molecule has 0 saturated carbocycles. The Morgan fingerprint density at radius 1 is 0.793 bits per heavy atom. The molecule has 29 heavy (non-hydrogen) atoms. The summed E-state index contributed by atoms with van der Waals surface area (Å²) in [7, 11) is 0. The number of amides is 1. The van der Waals surface area contributed by atoms with Crippen molar-refractivity contribution in [3.8, 4) is 0 Å². The first kappa shape index (κ1) is 21.1. The van der Waals surface area contributed by atoms with Crippen LogP contribution in [0.1, 0.15) is 74.2 Å². The van der Waals surface area contributed by atoms with Crippen molar-refractivity contribution in [2.75, 3.05) is 16.8 Å².